The van der Waals surface area contributed by atoms with Gasteiger partial charge in [0.2, 0.25) is 0 Å². The average molecular weight is 359 g/mol. The van der Waals surface area contributed by atoms with E-state index < -0.39 is 5.91 Å². The summed E-state index contributed by atoms with van der Waals surface area (Å²) in [5, 5.41) is 4.22. The molecule has 0 aliphatic rings. The Balaban J connectivity index is 1.71. The Kier molecular flexibility index (Phi) is 4.03. The topological polar surface area (TPSA) is 78.7 Å². The van der Waals surface area contributed by atoms with Gasteiger partial charge in [0.1, 0.15) is 0 Å². The molecule has 0 unspecified atom stereocenters. The summed E-state index contributed by atoms with van der Waals surface area (Å²) in [7, 11) is 3.78. The lowest BCUT2D eigenvalue weighted by Gasteiger charge is -2.11. The molecule has 0 radical (unpaired) electrons. The summed E-state index contributed by atoms with van der Waals surface area (Å²) in [4.78, 5) is 16.4. The number of nitrogens with zero attached hydrogens (tertiary/aromatic N) is 4. The molecule has 2 N–H and O–H groups in total. The fourth-order valence-corrected chi connectivity index (χ4v) is 3.50. The summed E-state index contributed by atoms with van der Waals surface area (Å²) in [6.45, 7) is 2.04. The maximum atomic E-state index is 12.0. The number of amides is 1. The molecule has 2 aromatic heterocycles. The summed E-state index contributed by atoms with van der Waals surface area (Å²) < 4.78 is 3.63. The van der Waals surface area contributed by atoms with Crippen molar-refractivity contribution in [2.75, 3.05) is 0 Å². The van der Waals surface area contributed by atoms with E-state index in [1.807, 2.05) is 44.0 Å². The fraction of sp³-hybridized carbons (Fsp3) is 0.190. The number of rotatable bonds is 4. The second-order valence-corrected chi connectivity index (χ2v) is 6.90. The molecule has 0 fully saturated rings. The van der Waals surface area contributed by atoms with Crippen LogP contribution in [0.5, 0.6) is 0 Å². The van der Waals surface area contributed by atoms with E-state index in [1.165, 1.54) is 0 Å². The number of aromatic nitrogens is 4. The van der Waals surface area contributed by atoms with Crippen LogP contribution < -0.4 is 5.73 Å². The highest BCUT2D eigenvalue weighted by atomic mass is 16.1. The summed E-state index contributed by atoms with van der Waals surface area (Å²) in [6.07, 6.45) is 6.28. The van der Waals surface area contributed by atoms with E-state index in [0.29, 0.717) is 12.0 Å². The molecule has 0 atom stereocenters. The third-order valence-corrected chi connectivity index (χ3v) is 5.00. The van der Waals surface area contributed by atoms with Crippen molar-refractivity contribution in [2.24, 2.45) is 19.8 Å². The van der Waals surface area contributed by atoms with Crippen molar-refractivity contribution >= 4 is 16.9 Å². The van der Waals surface area contributed by atoms with Crippen LogP contribution in [-0.4, -0.2) is 25.2 Å². The van der Waals surface area contributed by atoms with Gasteiger partial charge in [0.25, 0.3) is 5.91 Å². The van der Waals surface area contributed by atoms with Gasteiger partial charge in [0.05, 0.1) is 29.1 Å². The normalized spacial score (nSPS) is 11.2. The van der Waals surface area contributed by atoms with Gasteiger partial charge in [-0.15, -0.1) is 0 Å². The Hall–Kier alpha value is -3.41. The number of nitrogens with two attached hydrogens (primary N) is 1. The van der Waals surface area contributed by atoms with Crippen LogP contribution in [-0.2, 0) is 20.5 Å². The minimum absolute atomic E-state index is 0.434. The number of primary amides is 1. The van der Waals surface area contributed by atoms with Crippen molar-refractivity contribution in [3.05, 3.63) is 71.3 Å². The maximum absolute atomic E-state index is 12.0. The van der Waals surface area contributed by atoms with Crippen LogP contribution in [0.4, 0.5) is 0 Å². The van der Waals surface area contributed by atoms with E-state index in [4.69, 9.17) is 5.73 Å². The molecule has 136 valence electrons. The van der Waals surface area contributed by atoms with Crippen molar-refractivity contribution < 1.29 is 4.79 Å². The Morgan fingerprint density at radius 2 is 1.89 bits per heavy atom. The highest BCUT2D eigenvalue weighted by molar-refractivity contribution is 6.05. The summed E-state index contributed by atoms with van der Waals surface area (Å²) in [5.74, 6) is -0.434. The van der Waals surface area contributed by atoms with Crippen LogP contribution >= 0.6 is 0 Å². The second kappa shape index (κ2) is 6.39. The van der Waals surface area contributed by atoms with E-state index in [0.717, 1.165) is 38.9 Å². The first-order valence-corrected chi connectivity index (χ1v) is 8.75. The van der Waals surface area contributed by atoms with Gasteiger partial charge in [-0.25, -0.2) is 4.98 Å². The molecule has 2 aromatic carbocycles. The van der Waals surface area contributed by atoms with E-state index in [9.17, 15) is 4.79 Å². The number of aryl methyl sites for hydroxylation is 3. The smallest absolute Gasteiger partial charge is 0.250 e. The van der Waals surface area contributed by atoms with E-state index in [2.05, 4.69) is 34.3 Å². The molecule has 1 amide bonds. The first-order valence-electron chi connectivity index (χ1n) is 8.75. The van der Waals surface area contributed by atoms with Gasteiger partial charge in [-0.2, -0.15) is 5.10 Å². The van der Waals surface area contributed by atoms with Gasteiger partial charge in [-0.3, -0.25) is 9.48 Å². The minimum Gasteiger partial charge on any atom is -0.366 e. The van der Waals surface area contributed by atoms with Crippen LogP contribution in [0.1, 0.15) is 27.0 Å². The summed E-state index contributed by atoms with van der Waals surface area (Å²) in [5.41, 5.74) is 13.3. The van der Waals surface area contributed by atoms with Crippen LogP contribution in [0.15, 0.2) is 49.1 Å². The molecule has 0 saturated heterocycles. The Bertz CT molecular complexity index is 1150. The lowest BCUT2D eigenvalue weighted by atomic mass is 9.95. The van der Waals surface area contributed by atoms with Crippen molar-refractivity contribution in [2.45, 2.75) is 13.3 Å². The molecule has 4 rings (SSSR count). The predicted octanol–water partition coefficient (Wildman–Crippen LogP) is 2.97. The van der Waals surface area contributed by atoms with Gasteiger partial charge < -0.3 is 10.3 Å². The maximum Gasteiger partial charge on any atom is 0.250 e. The van der Waals surface area contributed by atoms with Gasteiger partial charge in [-0.1, -0.05) is 24.3 Å². The molecule has 0 aliphatic carbocycles. The zero-order valence-electron chi connectivity index (χ0n) is 15.6. The van der Waals surface area contributed by atoms with Crippen molar-refractivity contribution in [1.29, 1.82) is 0 Å². The molecule has 4 aromatic rings. The number of benzene rings is 2. The van der Waals surface area contributed by atoms with E-state index in [1.54, 1.807) is 11.0 Å². The third-order valence-electron chi connectivity index (χ3n) is 5.00. The molecule has 0 bridgehead atoms. The van der Waals surface area contributed by atoms with Crippen LogP contribution in [0.3, 0.4) is 0 Å². The number of carbonyl (C=O) groups excluding carboxylic acids is 1. The van der Waals surface area contributed by atoms with Gasteiger partial charge in [0.15, 0.2) is 0 Å². The number of hydrogen-bond donors (Lipinski definition) is 1. The fourth-order valence-electron chi connectivity index (χ4n) is 3.50. The number of carbonyl (C=O) groups is 1. The Labute approximate surface area is 157 Å². The van der Waals surface area contributed by atoms with Crippen molar-refractivity contribution in [3.8, 4) is 11.1 Å². The molecular formula is C21H21N5O. The first-order chi connectivity index (χ1) is 12.9. The van der Waals surface area contributed by atoms with Crippen LogP contribution in [0.25, 0.3) is 22.2 Å². The SMILES string of the molecule is Cc1c(Cc2ccc(-c3cnn(C)c3)cc2)cc(C(N)=O)c2c1ncn2C. The molecule has 2 heterocycles. The Morgan fingerprint density at radius 3 is 2.52 bits per heavy atom. The number of imidazole rings is 1. The highest BCUT2D eigenvalue weighted by Crippen LogP contribution is 2.27. The molecule has 6 heteroatoms. The molecule has 27 heavy (non-hydrogen) atoms. The largest absolute Gasteiger partial charge is 0.366 e. The quantitative estimate of drug-likeness (QED) is 0.608. The molecule has 0 saturated carbocycles. The van der Waals surface area contributed by atoms with E-state index in [-0.39, 0.29) is 0 Å². The predicted molar refractivity (Wildman–Crippen MR) is 105 cm³/mol. The van der Waals surface area contributed by atoms with Crippen molar-refractivity contribution in [3.63, 3.8) is 0 Å². The van der Waals surface area contributed by atoms with Crippen LogP contribution in [0, 0.1) is 6.92 Å². The van der Waals surface area contributed by atoms with Crippen LogP contribution in [0.2, 0.25) is 0 Å². The average Bonchev–Trinajstić information content (AvgIpc) is 3.24. The Morgan fingerprint density at radius 1 is 1.15 bits per heavy atom. The monoisotopic (exact) mass is 359 g/mol. The zero-order valence-corrected chi connectivity index (χ0v) is 15.6. The zero-order chi connectivity index (χ0) is 19.1. The van der Waals surface area contributed by atoms with Crippen molar-refractivity contribution in [1.82, 2.24) is 19.3 Å². The minimum atomic E-state index is -0.434. The highest BCUT2D eigenvalue weighted by Gasteiger charge is 2.16. The number of hydrogen-bond acceptors (Lipinski definition) is 3. The van der Waals surface area contributed by atoms with E-state index >= 15 is 0 Å². The lowest BCUT2D eigenvalue weighted by molar-refractivity contribution is 0.100. The lowest BCUT2D eigenvalue weighted by Crippen LogP contribution is -2.14. The molecule has 0 spiro atoms. The van der Waals surface area contributed by atoms with Gasteiger partial charge in [0, 0.05) is 25.9 Å². The number of fused-ring (bicyclic) bond motifs is 1. The van der Waals surface area contributed by atoms with Gasteiger partial charge >= 0.3 is 0 Å². The molecule has 6 nitrogen and oxygen atoms in total. The summed E-state index contributed by atoms with van der Waals surface area (Å²) in [6, 6.07) is 10.3. The second-order valence-electron chi connectivity index (χ2n) is 6.90. The first kappa shape index (κ1) is 17.0. The molecule has 0 aliphatic heterocycles. The molecular weight excluding hydrogens is 338 g/mol. The standard InChI is InChI=1S/C21H21N5O/c1-13-16(9-18(21(22)27)20-19(13)23-12-25(20)2)8-14-4-6-15(7-5-14)17-10-24-26(3)11-17/h4-7,9-12H,8H2,1-3H3,(H2,22,27). The summed E-state index contributed by atoms with van der Waals surface area (Å²) >= 11 is 0. The van der Waals surface area contributed by atoms with Gasteiger partial charge in [-0.05, 0) is 41.7 Å². The third kappa shape index (κ3) is 2.99.